The van der Waals surface area contributed by atoms with Crippen molar-refractivity contribution in [3.8, 4) is 11.6 Å². The van der Waals surface area contributed by atoms with Crippen molar-refractivity contribution in [2.75, 3.05) is 18.5 Å². The molecule has 0 saturated heterocycles. The molecule has 0 fully saturated rings. The van der Waals surface area contributed by atoms with Gasteiger partial charge in [0.05, 0.1) is 19.3 Å². The Bertz CT molecular complexity index is 631. The number of anilines is 1. The number of ether oxygens (including phenoxy) is 2. The Labute approximate surface area is 124 Å². The van der Waals surface area contributed by atoms with Crippen molar-refractivity contribution in [3.05, 3.63) is 41.7 Å². The zero-order valence-electron chi connectivity index (χ0n) is 12.3. The lowest BCUT2D eigenvalue weighted by Gasteiger charge is -2.27. The highest BCUT2D eigenvalue weighted by Gasteiger charge is 2.21. The average Bonchev–Trinajstić information content (AvgIpc) is 2.47. The highest BCUT2D eigenvalue weighted by atomic mass is 16.5. The lowest BCUT2D eigenvalue weighted by atomic mass is 10.0. The van der Waals surface area contributed by atoms with E-state index in [9.17, 15) is 0 Å². The molecule has 1 atom stereocenters. The van der Waals surface area contributed by atoms with Crippen LogP contribution in [-0.2, 0) is 0 Å². The van der Waals surface area contributed by atoms with E-state index in [1.807, 2.05) is 38.1 Å². The van der Waals surface area contributed by atoms with Gasteiger partial charge in [-0.25, -0.2) is 4.98 Å². The van der Waals surface area contributed by atoms with Gasteiger partial charge in [-0.05, 0) is 19.9 Å². The van der Waals surface area contributed by atoms with Crippen molar-refractivity contribution in [2.45, 2.75) is 26.3 Å². The molecule has 0 saturated carbocycles. The quantitative estimate of drug-likeness (QED) is 0.935. The van der Waals surface area contributed by atoms with Gasteiger partial charge in [0, 0.05) is 18.1 Å². The van der Waals surface area contributed by atoms with Crippen LogP contribution in [0.1, 0.15) is 30.8 Å². The Morgan fingerprint density at radius 3 is 3.05 bits per heavy atom. The van der Waals surface area contributed by atoms with Crippen LogP contribution in [0.5, 0.6) is 11.6 Å². The van der Waals surface area contributed by atoms with Crippen LogP contribution in [0.15, 0.2) is 30.3 Å². The summed E-state index contributed by atoms with van der Waals surface area (Å²) in [6.07, 6.45) is 0.907. The van der Waals surface area contributed by atoms with E-state index in [0.717, 1.165) is 23.6 Å². The van der Waals surface area contributed by atoms with Crippen molar-refractivity contribution >= 4 is 5.82 Å². The van der Waals surface area contributed by atoms with Gasteiger partial charge in [-0.1, -0.05) is 18.2 Å². The van der Waals surface area contributed by atoms with Crippen LogP contribution in [0.25, 0.3) is 0 Å². The van der Waals surface area contributed by atoms with E-state index in [0.29, 0.717) is 24.9 Å². The number of hydrogen-bond donors (Lipinski definition) is 1. The van der Waals surface area contributed by atoms with Gasteiger partial charge in [0.1, 0.15) is 17.4 Å². The predicted octanol–water partition coefficient (Wildman–Crippen LogP) is 3.12. The third-order valence-electron chi connectivity index (χ3n) is 3.39. The molecule has 0 amide bonds. The summed E-state index contributed by atoms with van der Waals surface area (Å²) in [5, 5.41) is 3.47. The summed E-state index contributed by atoms with van der Waals surface area (Å²) in [5.41, 5.74) is 1.16. The molecule has 1 N–H and O–H groups in total. The summed E-state index contributed by atoms with van der Waals surface area (Å²) < 4.78 is 11.2. The van der Waals surface area contributed by atoms with Crippen molar-refractivity contribution in [1.29, 1.82) is 0 Å². The third kappa shape index (κ3) is 3.07. The number of nitrogens with one attached hydrogen (secondary N) is 1. The number of nitrogens with zero attached hydrogens (tertiary/aromatic N) is 2. The SMILES string of the molecule is CCOc1cc(NC2CCOc3ccccc32)nc(C)n1. The maximum atomic E-state index is 5.68. The Morgan fingerprint density at radius 2 is 2.19 bits per heavy atom. The first-order chi connectivity index (χ1) is 10.3. The van der Waals surface area contributed by atoms with Crippen LogP contribution in [0.2, 0.25) is 0 Å². The molecule has 2 aromatic rings. The minimum Gasteiger partial charge on any atom is -0.493 e. The largest absolute Gasteiger partial charge is 0.493 e. The van der Waals surface area contributed by atoms with Gasteiger partial charge in [-0.15, -0.1) is 0 Å². The minimum absolute atomic E-state index is 0.193. The van der Waals surface area contributed by atoms with E-state index in [1.54, 1.807) is 0 Å². The van der Waals surface area contributed by atoms with E-state index < -0.39 is 0 Å². The average molecular weight is 285 g/mol. The number of rotatable bonds is 4. The number of aromatic nitrogens is 2. The topological polar surface area (TPSA) is 56.3 Å². The van der Waals surface area contributed by atoms with Crippen LogP contribution in [0.3, 0.4) is 0 Å². The summed E-state index contributed by atoms with van der Waals surface area (Å²) in [7, 11) is 0. The Morgan fingerprint density at radius 1 is 1.33 bits per heavy atom. The standard InChI is InChI=1S/C16H19N3O2/c1-3-20-16-10-15(17-11(2)18-16)19-13-8-9-21-14-7-5-4-6-12(13)14/h4-7,10,13H,3,8-9H2,1-2H3,(H,17,18,19). The maximum Gasteiger partial charge on any atom is 0.218 e. The molecular formula is C16H19N3O2. The second-order valence-electron chi connectivity index (χ2n) is 4.94. The summed E-state index contributed by atoms with van der Waals surface area (Å²) in [4.78, 5) is 8.70. The van der Waals surface area contributed by atoms with Crippen molar-refractivity contribution in [1.82, 2.24) is 9.97 Å². The van der Waals surface area contributed by atoms with Gasteiger partial charge < -0.3 is 14.8 Å². The third-order valence-corrected chi connectivity index (χ3v) is 3.39. The molecule has 2 heterocycles. The minimum atomic E-state index is 0.193. The lowest BCUT2D eigenvalue weighted by molar-refractivity contribution is 0.274. The summed E-state index contributed by atoms with van der Waals surface area (Å²) in [5.74, 6) is 3.03. The zero-order valence-corrected chi connectivity index (χ0v) is 12.3. The molecule has 0 radical (unpaired) electrons. The van der Waals surface area contributed by atoms with E-state index >= 15 is 0 Å². The summed E-state index contributed by atoms with van der Waals surface area (Å²) >= 11 is 0. The van der Waals surface area contributed by atoms with E-state index in [1.165, 1.54) is 0 Å². The normalized spacial score (nSPS) is 16.8. The van der Waals surface area contributed by atoms with Gasteiger partial charge in [-0.2, -0.15) is 4.98 Å². The number of benzene rings is 1. The molecule has 1 aliphatic rings. The monoisotopic (exact) mass is 285 g/mol. The van der Waals surface area contributed by atoms with E-state index in [2.05, 4.69) is 21.4 Å². The smallest absolute Gasteiger partial charge is 0.218 e. The molecule has 5 heteroatoms. The van der Waals surface area contributed by atoms with Crippen molar-refractivity contribution in [2.24, 2.45) is 0 Å². The number of para-hydroxylation sites is 1. The summed E-state index contributed by atoms with van der Waals surface area (Å²) in [6, 6.07) is 10.1. The van der Waals surface area contributed by atoms with Crippen LogP contribution in [-0.4, -0.2) is 23.2 Å². The van der Waals surface area contributed by atoms with E-state index in [-0.39, 0.29) is 6.04 Å². The van der Waals surface area contributed by atoms with Gasteiger partial charge in [0.2, 0.25) is 5.88 Å². The first-order valence-electron chi connectivity index (χ1n) is 7.23. The van der Waals surface area contributed by atoms with Crippen LogP contribution >= 0.6 is 0 Å². The Hall–Kier alpha value is -2.30. The van der Waals surface area contributed by atoms with Gasteiger partial charge >= 0.3 is 0 Å². The predicted molar refractivity (Wildman–Crippen MR) is 80.9 cm³/mol. The number of hydrogen-bond acceptors (Lipinski definition) is 5. The second kappa shape index (κ2) is 5.99. The van der Waals surface area contributed by atoms with Crippen molar-refractivity contribution < 1.29 is 9.47 Å². The number of aryl methyl sites for hydroxylation is 1. The Balaban J connectivity index is 1.84. The molecule has 5 nitrogen and oxygen atoms in total. The van der Waals surface area contributed by atoms with Crippen LogP contribution in [0.4, 0.5) is 5.82 Å². The number of fused-ring (bicyclic) bond motifs is 1. The maximum absolute atomic E-state index is 5.68. The fourth-order valence-electron chi connectivity index (χ4n) is 2.51. The molecule has 1 aromatic carbocycles. The van der Waals surface area contributed by atoms with Gasteiger partial charge in [-0.3, -0.25) is 0 Å². The van der Waals surface area contributed by atoms with Gasteiger partial charge in [0.15, 0.2) is 0 Å². The van der Waals surface area contributed by atoms with Gasteiger partial charge in [0.25, 0.3) is 0 Å². The summed E-state index contributed by atoms with van der Waals surface area (Å²) in [6.45, 7) is 5.11. The molecule has 110 valence electrons. The Kier molecular flexibility index (Phi) is 3.90. The lowest BCUT2D eigenvalue weighted by Crippen LogP contribution is -2.21. The highest BCUT2D eigenvalue weighted by Crippen LogP contribution is 2.33. The molecular weight excluding hydrogens is 266 g/mol. The first-order valence-corrected chi connectivity index (χ1v) is 7.23. The molecule has 0 bridgehead atoms. The molecule has 1 aromatic heterocycles. The van der Waals surface area contributed by atoms with E-state index in [4.69, 9.17) is 9.47 Å². The molecule has 1 unspecified atom stereocenters. The zero-order chi connectivity index (χ0) is 14.7. The fraction of sp³-hybridized carbons (Fsp3) is 0.375. The van der Waals surface area contributed by atoms with Crippen LogP contribution < -0.4 is 14.8 Å². The van der Waals surface area contributed by atoms with Crippen molar-refractivity contribution in [3.63, 3.8) is 0 Å². The first kappa shape index (κ1) is 13.7. The second-order valence-corrected chi connectivity index (χ2v) is 4.94. The molecule has 3 rings (SSSR count). The fourth-order valence-corrected chi connectivity index (χ4v) is 2.51. The molecule has 21 heavy (non-hydrogen) atoms. The van der Waals surface area contributed by atoms with Crippen LogP contribution in [0, 0.1) is 6.92 Å². The highest BCUT2D eigenvalue weighted by molar-refractivity contribution is 5.46. The molecule has 0 spiro atoms. The molecule has 0 aliphatic carbocycles. The molecule has 1 aliphatic heterocycles.